The zero-order chi connectivity index (χ0) is 19.6. The first-order valence-electron chi connectivity index (χ1n) is 9.87. The SMILES string of the molecule is CC(C)CCCC(=O)OC1C=Cc2c(OC(C)(C)C)ccc3cccc1c23. The van der Waals surface area contributed by atoms with Crippen molar-refractivity contribution in [3.05, 3.63) is 47.5 Å². The molecule has 0 saturated carbocycles. The van der Waals surface area contributed by atoms with Gasteiger partial charge in [0.2, 0.25) is 0 Å². The van der Waals surface area contributed by atoms with Crippen LogP contribution in [0.4, 0.5) is 0 Å². The van der Waals surface area contributed by atoms with Gasteiger partial charge in [-0.2, -0.15) is 0 Å². The summed E-state index contributed by atoms with van der Waals surface area (Å²) < 4.78 is 11.9. The number of benzene rings is 2. The largest absolute Gasteiger partial charge is 0.488 e. The molecule has 0 N–H and O–H groups in total. The first kappa shape index (κ1) is 19.5. The molecule has 0 spiro atoms. The molecule has 0 heterocycles. The summed E-state index contributed by atoms with van der Waals surface area (Å²) in [6, 6.07) is 10.2. The highest BCUT2D eigenvalue weighted by Gasteiger charge is 2.24. The van der Waals surface area contributed by atoms with Crippen molar-refractivity contribution in [3.8, 4) is 5.75 Å². The smallest absolute Gasteiger partial charge is 0.306 e. The molecule has 0 bridgehead atoms. The Morgan fingerprint density at radius 3 is 2.63 bits per heavy atom. The van der Waals surface area contributed by atoms with Gasteiger partial charge >= 0.3 is 5.97 Å². The Morgan fingerprint density at radius 2 is 1.93 bits per heavy atom. The van der Waals surface area contributed by atoms with Crippen LogP contribution in [0.5, 0.6) is 5.75 Å². The van der Waals surface area contributed by atoms with Crippen molar-refractivity contribution in [2.24, 2.45) is 5.92 Å². The molecule has 0 aliphatic heterocycles. The van der Waals surface area contributed by atoms with E-state index in [1.165, 1.54) is 0 Å². The molecule has 3 heteroatoms. The Kier molecular flexibility index (Phi) is 5.59. The highest BCUT2D eigenvalue weighted by Crippen LogP contribution is 2.40. The van der Waals surface area contributed by atoms with Crippen LogP contribution in [0.15, 0.2) is 36.4 Å². The molecule has 0 fully saturated rings. The van der Waals surface area contributed by atoms with Crippen LogP contribution in [-0.2, 0) is 9.53 Å². The van der Waals surface area contributed by atoms with Crippen LogP contribution < -0.4 is 4.74 Å². The van der Waals surface area contributed by atoms with Gasteiger partial charge in [0, 0.05) is 17.5 Å². The van der Waals surface area contributed by atoms with E-state index >= 15 is 0 Å². The highest BCUT2D eigenvalue weighted by atomic mass is 16.5. The second kappa shape index (κ2) is 7.75. The number of rotatable bonds is 6. The predicted octanol–water partition coefficient (Wildman–Crippen LogP) is 6.45. The van der Waals surface area contributed by atoms with E-state index in [9.17, 15) is 4.79 Å². The van der Waals surface area contributed by atoms with Crippen LogP contribution in [-0.4, -0.2) is 11.6 Å². The number of hydrogen-bond donors (Lipinski definition) is 0. The number of hydrogen-bond acceptors (Lipinski definition) is 3. The molecule has 1 atom stereocenters. The van der Waals surface area contributed by atoms with Gasteiger partial charge in [-0.1, -0.05) is 50.6 Å². The molecule has 2 aromatic rings. The van der Waals surface area contributed by atoms with E-state index in [0.29, 0.717) is 12.3 Å². The van der Waals surface area contributed by atoms with Gasteiger partial charge in [-0.05, 0) is 56.0 Å². The molecular weight excluding hydrogens is 336 g/mol. The molecule has 1 aliphatic carbocycles. The van der Waals surface area contributed by atoms with Gasteiger partial charge in [0.25, 0.3) is 0 Å². The van der Waals surface area contributed by atoms with E-state index < -0.39 is 0 Å². The molecule has 1 unspecified atom stereocenters. The average Bonchev–Trinajstić information content (AvgIpc) is 2.57. The highest BCUT2D eigenvalue weighted by molar-refractivity contribution is 5.98. The summed E-state index contributed by atoms with van der Waals surface area (Å²) in [5.41, 5.74) is 1.82. The topological polar surface area (TPSA) is 35.5 Å². The maximum Gasteiger partial charge on any atom is 0.306 e. The van der Waals surface area contributed by atoms with E-state index in [1.807, 2.05) is 51.1 Å². The van der Waals surface area contributed by atoms with Crippen LogP contribution in [0.25, 0.3) is 16.8 Å². The van der Waals surface area contributed by atoms with Crippen LogP contribution in [0, 0.1) is 5.92 Å². The number of carbonyl (C=O) groups is 1. The third-order valence-corrected chi connectivity index (χ3v) is 4.66. The van der Waals surface area contributed by atoms with E-state index in [1.54, 1.807) is 0 Å². The Hall–Kier alpha value is -2.29. The Bertz CT molecular complexity index is 856. The lowest BCUT2D eigenvalue weighted by Crippen LogP contribution is -2.23. The minimum Gasteiger partial charge on any atom is -0.488 e. The van der Waals surface area contributed by atoms with Gasteiger partial charge in [0.15, 0.2) is 0 Å². The van der Waals surface area contributed by atoms with Gasteiger partial charge in [0.1, 0.15) is 17.5 Å². The molecule has 0 radical (unpaired) electrons. The third kappa shape index (κ3) is 4.71. The summed E-state index contributed by atoms with van der Waals surface area (Å²) >= 11 is 0. The molecule has 27 heavy (non-hydrogen) atoms. The molecule has 1 aliphatic rings. The maximum absolute atomic E-state index is 12.3. The van der Waals surface area contributed by atoms with Crippen molar-refractivity contribution in [2.75, 3.05) is 0 Å². The summed E-state index contributed by atoms with van der Waals surface area (Å²) in [7, 11) is 0. The van der Waals surface area contributed by atoms with Crippen molar-refractivity contribution in [1.82, 2.24) is 0 Å². The fourth-order valence-electron chi connectivity index (χ4n) is 3.48. The molecule has 0 saturated heterocycles. The summed E-state index contributed by atoms with van der Waals surface area (Å²) in [5, 5.41) is 2.25. The van der Waals surface area contributed by atoms with Crippen LogP contribution >= 0.6 is 0 Å². The second-order valence-corrected chi connectivity index (χ2v) is 8.69. The summed E-state index contributed by atoms with van der Waals surface area (Å²) in [6.45, 7) is 10.5. The van der Waals surface area contributed by atoms with Gasteiger partial charge in [0.05, 0.1) is 0 Å². The zero-order valence-electron chi connectivity index (χ0n) is 17.0. The fraction of sp³-hybridized carbons (Fsp3) is 0.458. The van der Waals surface area contributed by atoms with Crippen LogP contribution in [0.3, 0.4) is 0 Å². The Morgan fingerprint density at radius 1 is 1.15 bits per heavy atom. The average molecular weight is 367 g/mol. The predicted molar refractivity (Wildman–Crippen MR) is 111 cm³/mol. The lowest BCUT2D eigenvalue weighted by Gasteiger charge is -2.27. The second-order valence-electron chi connectivity index (χ2n) is 8.69. The first-order valence-corrected chi connectivity index (χ1v) is 9.87. The van der Waals surface area contributed by atoms with E-state index in [4.69, 9.17) is 9.47 Å². The summed E-state index contributed by atoms with van der Waals surface area (Å²) in [6.07, 6.45) is 6.05. The lowest BCUT2D eigenvalue weighted by molar-refractivity contribution is -0.147. The Balaban J connectivity index is 1.86. The van der Waals surface area contributed by atoms with E-state index in [2.05, 4.69) is 26.0 Å². The standard InChI is InChI=1S/C24H30O3/c1-16(2)8-6-11-22(25)26-20-15-13-19-21(27-24(3,4)5)14-12-17-9-7-10-18(20)23(17)19/h7,9-10,12-16,20H,6,8,11H2,1-5H3. The van der Waals surface area contributed by atoms with Crippen molar-refractivity contribution >= 4 is 22.8 Å². The van der Waals surface area contributed by atoms with Crippen LogP contribution in [0.1, 0.15) is 71.1 Å². The van der Waals surface area contributed by atoms with Gasteiger partial charge < -0.3 is 9.47 Å². The normalized spacial score (nSPS) is 16.0. The van der Waals surface area contributed by atoms with E-state index in [-0.39, 0.29) is 17.7 Å². The number of esters is 1. The summed E-state index contributed by atoms with van der Waals surface area (Å²) in [5.74, 6) is 1.34. The van der Waals surface area contributed by atoms with Crippen molar-refractivity contribution in [1.29, 1.82) is 0 Å². The van der Waals surface area contributed by atoms with Crippen LogP contribution in [0.2, 0.25) is 0 Å². The summed E-state index contributed by atoms with van der Waals surface area (Å²) in [4.78, 5) is 12.3. The molecule has 144 valence electrons. The van der Waals surface area contributed by atoms with Crippen molar-refractivity contribution in [2.45, 2.75) is 65.6 Å². The number of carbonyl (C=O) groups excluding carboxylic acids is 1. The third-order valence-electron chi connectivity index (χ3n) is 4.66. The first-order chi connectivity index (χ1) is 12.7. The van der Waals surface area contributed by atoms with Gasteiger partial charge in [-0.15, -0.1) is 0 Å². The molecule has 0 amide bonds. The van der Waals surface area contributed by atoms with Gasteiger partial charge in [-0.25, -0.2) is 0 Å². The molecule has 3 nitrogen and oxygen atoms in total. The minimum absolute atomic E-state index is 0.132. The molecule has 3 rings (SSSR count). The van der Waals surface area contributed by atoms with E-state index in [0.717, 1.165) is 40.5 Å². The fourth-order valence-corrected chi connectivity index (χ4v) is 3.48. The molecule has 0 aromatic heterocycles. The number of ether oxygens (including phenoxy) is 2. The lowest BCUT2D eigenvalue weighted by atomic mass is 9.90. The van der Waals surface area contributed by atoms with Crippen molar-refractivity contribution < 1.29 is 14.3 Å². The maximum atomic E-state index is 12.3. The molecule has 2 aromatic carbocycles. The molecular formula is C24H30O3. The quantitative estimate of drug-likeness (QED) is 0.551. The Labute approximate surface area is 162 Å². The monoisotopic (exact) mass is 366 g/mol. The zero-order valence-corrected chi connectivity index (χ0v) is 17.0. The van der Waals surface area contributed by atoms with Gasteiger partial charge in [-0.3, -0.25) is 4.79 Å². The minimum atomic E-state index is -0.336. The van der Waals surface area contributed by atoms with Crippen molar-refractivity contribution in [3.63, 3.8) is 0 Å².